The highest BCUT2D eigenvalue weighted by atomic mass is 16.5. The molecule has 2 saturated heterocycles. The van der Waals surface area contributed by atoms with E-state index in [0.29, 0.717) is 30.6 Å². The summed E-state index contributed by atoms with van der Waals surface area (Å²) in [6, 6.07) is 31.3. The maximum Gasteiger partial charge on any atom is 0.255 e. The van der Waals surface area contributed by atoms with E-state index in [1.807, 2.05) is 36.4 Å². The minimum Gasteiger partial charge on any atom is -0.508 e. The molecule has 54 heavy (non-hydrogen) atoms. The number of allylic oxidation sites excluding steroid dienone is 1. The van der Waals surface area contributed by atoms with Gasteiger partial charge in [0.2, 0.25) is 11.8 Å². The lowest BCUT2D eigenvalue weighted by molar-refractivity contribution is -0.136. The second kappa shape index (κ2) is 15.5. The minimum atomic E-state index is -0.612. The number of benzene rings is 4. The molecule has 3 amide bonds. The number of imide groups is 1. The Hall–Kier alpha value is -5.41. The highest BCUT2D eigenvalue weighted by Crippen LogP contribution is 2.50. The van der Waals surface area contributed by atoms with E-state index >= 15 is 0 Å². The molecule has 9 heteroatoms. The smallest absolute Gasteiger partial charge is 0.255 e. The molecular weight excluding hydrogens is 679 g/mol. The number of nitrogens with zero attached hydrogens (tertiary/aromatic N) is 2. The normalized spacial score (nSPS) is 20.1. The zero-order valence-corrected chi connectivity index (χ0v) is 30.5. The predicted molar refractivity (Wildman–Crippen MR) is 207 cm³/mol. The lowest BCUT2D eigenvalue weighted by Gasteiger charge is -2.51. The van der Waals surface area contributed by atoms with Crippen molar-refractivity contribution in [2.75, 3.05) is 26.2 Å². The van der Waals surface area contributed by atoms with Crippen LogP contribution in [0, 0.1) is 5.41 Å². The van der Waals surface area contributed by atoms with Crippen molar-refractivity contribution < 1.29 is 29.0 Å². The summed E-state index contributed by atoms with van der Waals surface area (Å²) in [6.45, 7) is 4.02. The molecular formula is C45H47N3O6. The summed E-state index contributed by atoms with van der Waals surface area (Å²) in [7, 11) is 0. The Labute approximate surface area is 316 Å². The van der Waals surface area contributed by atoms with Crippen LogP contribution in [0.25, 0.3) is 11.6 Å². The van der Waals surface area contributed by atoms with E-state index in [1.54, 1.807) is 17.0 Å². The Kier molecular flexibility index (Phi) is 10.2. The summed E-state index contributed by atoms with van der Waals surface area (Å²) in [4.78, 5) is 41.1. The number of amides is 3. The molecule has 278 valence electrons. The number of piperidine rings is 2. The van der Waals surface area contributed by atoms with Gasteiger partial charge in [-0.1, -0.05) is 60.7 Å². The highest BCUT2D eigenvalue weighted by Gasteiger charge is 2.47. The van der Waals surface area contributed by atoms with Crippen molar-refractivity contribution in [3.8, 4) is 17.2 Å². The molecule has 0 aromatic heterocycles. The molecule has 1 saturated carbocycles. The maximum absolute atomic E-state index is 13.0. The molecule has 2 N–H and O–H groups in total. The van der Waals surface area contributed by atoms with Gasteiger partial charge in [0.1, 0.15) is 29.9 Å². The van der Waals surface area contributed by atoms with Gasteiger partial charge in [-0.2, -0.15) is 0 Å². The van der Waals surface area contributed by atoms with Gasteiger partial charge in [-0.05, 0) is 134 Å². The molecule has 1 spiro atoms. The number of hydrogen-bond donors (Lipinski definition) is 2. The molecule has 1 atom stereocenters. The van der Waals surface area contributed by atoms with Gasteiger partial charge in [0, 0.05) is 25.1 Å². The van der Waals surface area contributed by atoms with Crippen molar-refractivity contribution in [2.24, 2.45) is 5.41 Å². The molecule has 8 rings (SSSR count). The topological polar surface area (TPSA) is 108 Å². The van der Waals surface area contributed by atoms with Crippen LogP contribution in [0.3, 0.4) is 0 Å². The number of hydrogen-bond acceptors (Lipinski definition) is 7. The standard InChI is InChI=1S/C45H47N3O6/c49-36-12-7-31(8-13-36)6-11-34(33-4-2-1-3-5-33)26-32-9-14-37(15-10-32)53-25-24-47-22-20-45(21-23-47)28-39(29-45)54-38-16-17-40-35(27-38)30-48(44(40)52)41-18-19-42(50)46-43(41)51/h1-5,7-10,12-17,26-27,39,41,49H,6,11,18-25,28-30H2,(H,46,50,51)/b34-26-. The fourth-order valence-corrected chi connectivity index (χ4v) is 8.51. The quantitative estimate of drug-likeness (QED) is 0.119. The fraction of sp³-hybridized carbons (Fsp3) is 0.356. The van der Waals surface area contributed by atoms with E-state index in [-0.39, 0.29) is 30.1 Å². The number of rotatable bonds is 12. The molecule has 3 fully saturated rings. The zero-order valence-electron chi connectivity index (χ0n) is 30.5. The van der Waals surface area contributed by atoms with E-state index < -0.39 is 11.9 Å². The summed E-state index contributed by atoms with van der Waals surface area (Å²) in [6.07, 6.45) is 9.21. The first-order valence-corrected chi connectivity index (χ1v) is 19.2. The molecule has 1 unspecified atom stereocenters. The van der Waals surface area contributed by atoms with Gasteiger partial charge in [0.25, 0.3) is 5.91 Å². The fourth-order valence-electron chi connectivity index (χ4n) is 8.51. The Morgan fingerprint density at radius 3 is 2.37 bits per heavy atom. The predicted octanol–water partition coefficient (Wildman–Crippen LogP) is 7.03. The number of aromatic hydroxyl groups is 1. The second-order valence-corrected chi connectivity index (χ2v) is 15.3. The Bertz CT molecular complexity index is 2010. The van der Waals surface area contributed by atoms with Crippen LogP contribution in [-0.2, 0) is 22.6 Å². The zero-order chi connectivity index (χ0) is 37.1. The van der Waals surface area contributed by atoms with E-state index in [4.69, 9.17) is 9.47 Å². The number of ether oxygens (including phenoxy) is 2. The molecule has 4 aliphatic rings. The summed E-state index contributed by atoms with van der Waals surface area (Å²) in [5.41, 5.74) is 6.63. The summed E-state index contributed by atoms with van der Waals surface area (Å²) in [5.74, 6) is 1.10. The Morgan fingerprint density at radius 1 is 0.889 bits per heavy atom. The Balaban J connectivity index is 0.771. The van der Waals surface area contributed by atoms with Gasteiger partial charge in [-0.15, -0.1) is 0 Å². The average Bonchev–Trinajstić information content (AvgIpc) is 3.49. The maximum atomic E-state index is 13.0. The van der Waals surface area contributed by atoms with Crippen LogP contribution in [0.2, 0.25) is 0 Å². The van der Waals surface area contributed by atoms with Crippen LogP contribution in [-0.4, -0.2) is 71.0 Å². The van der Waals surface area contributed by atoms with Crippen molar-refractivity contribution in [1.29, 1.82) is 0 Å². The number of phenols is 1. The van der Waals surface area contributed by atoms with Crippen LogP contribution < -0.4 is 14.8 Å². The van der Waals surface area contributed by atoms with Gasteiger partial charge in [-0.25, -0.2) is 0 Å². The van der Waals surface area contributed by atoms with Crippen molar-refractivity contribution in [1.82, 2.24) is 15.1 Å². The average molecular weight is 726 g/mol. The van der Waals surface area contributed by atoms with Gasteiger partial charge in [0.05, 0.1) is 6.10 Å². The third-order valence-electron chi connectivity index (χ3n) is 11.7. The molecule has 4 aromatic carbocycles. The Morgan fingerprint density at radius 2 is 1.63 bits per heavy atom. The van der Waals surface area contributed by atoms with Gasteiger partial charge < -0.3 is 19.5 Å². The first kappa shape index (κ1) is 35.6. The van der Waals surface area contributed by atoms with Crippen LogP contribution in [0.4, 0.5) is 0 Å². The number of aryl methyl sites for hydroxylation is 1. The van der Waals surface area contributed by atoms with E-state index in [0.717, 1.165) is 80.8 Å². The number of carbonyl (C=O) groups is 3. The van der Waals surface area contributed by atoms with Crippen LogP contribution in [0.15, 0.2) is 97.1 Å². The van der Waals surface area contributed by atoms with Gasteiger partial charge >= 0.3 is 0 Å². The number of fused-ring (bicyclic) bond motifs is 1. The highest BCUT2D eigenvalue weighted by molar-refractivity contribution is 6.05. The van der Waals surface area contributed by atoms with Crippen LogP contribution in [0.5, 0.6) is 17.2 Å². The molecule has 9 nitrogen and oxygen atoms in total. The third-order valence-corrected chi connectivity index (χ3v) is 11.7. The molecule has 3 aliphatic heterocycles. The third kappa shape index (κ3) is 8.06. The largest absolute Gasteiger partial charge is 0.508 e. The van der Waals surface area contributed by atoms with Crippen molar-refractivity contribution >= 4 is 29.4 Å². The molecule has 0 radical (unpaired) electrons. The molecule has 1 aliphatic carbocycles. The van der Waals surface area contributed by atoms with Gasteiger partial charge in [-0.3, -0.25) is 24.6 Å². The van der Waals surface area contributed by atoms with E-state index in [2.05, 4.69) is 64.8 Å². The SMILES string of the molecule is O=C1CCC(N2Cc3cc(OC4CC5(CCN(CCOc6ccc(/C=C(/CCc7ccc(O)cc7)c7ccccc7)cc6)CC5)C4)ccc3C2=O)C(=O)N1. The van der Waals surface area contributed by atoms with Crippen LogP contribution in [0.1, 0.15) is 77.6 Å². The molecule has 0 bridgehead atoms. The van der Waals surface area contributed by atoms with Gasteiger partial charge in [0.15, 0.2) is 0 Å². The van der Waals surface area contributed by atoms with Crippen molar-refractivity contribution in [2.45, 2.75) is 70.1 Å². The van der Waals surface area contributed by atoms with E-state index in [9.17, 15) is 19.5 Å². The van der Waals surface area contributed by atoms with Crippen molar-refractivity contribution in [3.63, 3.8) is 0 Å². The second-order valence-electron chi connectivity index (χ2n) is 15.3. The van der Waals surface area contributed by atoms with Crippen LogP contribution >= 0.6 is 0 Å². The minimum absolute atomic E-state index is 0.163. The number of nitrogens with one attached hydrogen (secondary N) is 1. The number of carbonyl (C=O) groups excluding carboxylic acids is 3. The monoisotopic (exact) mass is 725 g/mol. The number of phenolic OH excluding ortho intramolecular Hbond substituents is 1. The molecule has 3 heterocycles. The molecule has 4 aromatic rings. The lowest BCUT2D eigenvalue weighted by atomic mass is 9.61. The summed E-state index contributed by atoms with van der Waals surface area (Å²) < 4.78 is 12.6. The summed E-state index contributed by atoms with van der Waals surface area (Å²) >= 11 is 0. The number of likely N-dealkylation sites (tertiary alicyclic amines) is 1. The first-order chi connectivity index (χ1) is 26.3. The van der Waals surface area contributed by atoms with E-state index in [1.165, 1.54) is 16.7 Å². The summed E-state index contributed by atoms with van der Waals surface area (Å²) in [5, 5.41) is 12.0. The first-order valence-electron chi connectivity index (χ1n) is 19.2. The van der Waals surface area contributed by atoms with Crippen molar-refractivity contribution in [3.05, 3.63) is 125 Å². The lowest BCUT2D eigenvalue weighted by Crippen LogP contribution is -2.52.